The van der Waals surface area contributed by atoms with Gasteiger partial charge >= 0.3 is 0 Å². The summed E-state index contributed by atoms with van der Waals surface area (Å²) in [6.45, 7) is 3.98. The molecule has 0 unspecified atom stereocenters. The first kappa shape index (κ1) is 17.0. The first-order chi connectivity index (χ1) is 11.2. The molecule has 0 saturated heterocycles. The van der Waals surface area contributed by atoms with Gasteiger partial charge < -0.3 is 14.8 Å². The first-order valence-electron chi connectivity index (χ1n) is 7.05. The van der Waals surface area contributed by atoms with E-state index in [2.05, 4.69) is 11.9 Å². The number of benzene rings is 2. The molecule has 0 aromatic heterocycles. The molecule has 0 saturated carbocycles. The molecule has 0 radical (unpaired) electrons. The number of nitrogens with one attached hydrogen (secondary N) is 1. The highest BCUT2D eigenvalue weighted by molar-refractivity contribution is 7.98. The van der Waals surface area contributed by atoms with Crippen molar-refractivity contribution in [2.24, 2.45) is 0 Å². The van der Waals surface area contributed by atoms with Gasteiger partial charge in [0.25, 0.3) is 5.91 Å². The first-order valence-corrected chi connectivity index (χ1v) is 8.27. The molecule has 1 amide bonds. The van der Waals surface area contributed by atoms with E-state index < -0.39 is 0 Å². The Bertz CT molecular complexity index is 700. The zero-order valence-electron chi connectivity index (χ0n) is 13.2. The van der Waals surface area contributed by atoms with Gasteiger partial charge in [-0.2, -0.15) is 0 Å². The second-order valence-corrected chi connectivity index (χ2v) is 5.53. The minimum Gasteiger partial charge on any atom is -0.493 e. The molecule has 2 rings (SSSR count). The summed E-state index contributed by atoms with van der Waals surface area (Å²) in [4.78, 5) is 13.5. The van der Waals surface area contributed by atoms with Crippen LogP contribution in [0.2, 0.25) is 0 Å². The van der Waals surface area contributed by atoms with Gasteiger partial charge in [0.05, 0.1) is 7.11 Å². The van der Waals surface area contributed by atoms with Gasteiger partial charge in [-0.25, -0.2) is 0 Å². The Hall–Kier alpha value is -2.40. The van der Waals surface area contributed by atoms with Gasteiger partial charge in [-0.15, -0.1) is 11.8 Å². The van der Waals surface area contributed by atoms with Crippen LogP contribution in [-0.2, 0) is 0 Å². The second-order valence-electron chi connectivity index (χ2n) is 4.65. The second kappa shape index (κ2) is 8.29. The molecule has 4 nitrogen and oxygen atoms in total. The molecule has 5 heteroatoms. The molecule has 0 spiro atoms. The van der Waals surface area contributed by atoms with E-state index in [4.69, 9.17) is 9.47 Å². The highest BCUT2D eigenvalue weighted by Gasteiger charge is 2.11. The van der Waals surface area contributed by atoms with E-state index in [1.807, 2.05) is 30.5 Å². The Morgan fingerprint density at radius 3 is 2.78 bits per heavy atom. The summed E-state index contributed by atoms with van der Waals surface area (Å²) in [5, 5.41) is 2.88. The molecule has 0 fully saturated rings. The van der Waals surface area contributed by atoms with Crippen LogP contribution < -0.4 is 14.8 Å². The molecule has 1 N–H and O–H groups in total. The van der Waals surface area contributed by atoms with Crippen molar-refractivity contribution in [2.45, 2.75) is 4.90 Å². The Morgan fingerprint density at radius 1 is 1.26 bits per heavy atom. The van der Waals surface area contributed by atoms with Crippen LogP contribution in [0.3, 0.4) is 0 Å². The monoisotopic (exact) mass is 329 g/mol. The largest absolute Gasteiger partial charge is 0.493 e. The van der Waals surface area contributed by atoms with E-state index in [-0.39, 0.29) is 5.91 Å². The zero-order chi connectivity index (χ0) is 16.7. The number of rotatable bonds is 7. The van der Waals surface area contributed by atoms with Gasteiger partial charge in [-0.05, 0) is 42.7 Å². The molecular formula is C18H19NO3S. The van der Waals surface area contributed by atoms with Crippen molar-refractivity contribution >= 4 is 23.4 Å². The summed E-state index contributed by atoms with van der Waals surface area (Å²) in [6, 6.07) is 12.8. The summed E-state index contributed by atoms with van der Waals surface area (Å²) < 4.78 is 10.8. The zero-order valence-corrected chi connectivity index (χ0v) is 14.0. The van der Waals surface area contributed by atoms with Crippen LogP contribution in [0.4, 0.5) is 5.69 Å². The number of hydrogen-bond donors (Lipinski definition) is 1. The molecular weight excluding hydrogens is 310 g/mol. The van der Waals surface area contributed by atoms with E-state index in [0.29, 0.717) is 23.7 Å². The van der Waals surface area contributed by atoms with Crippen molar-refractivity contribution in [3.05, 3.63) is 60.7 Å². The summed E-state index contributed by atoms with van der Waals surface area (Å²) in [5.74, 6) is 0.891. The SMILES string of the molecule is C=CCOc1ccc(C(=O)Nc2cccc(SC)c2)cc1OC. The number of carbonyl (C=O) groups excluding carboxylic acids is 1. The molecule has 120 valence electrons. The molecule has 2 aromatic rings. The number of carbonyl (C=O) groups is 1. The third-order valence-electron chi connectivity index (χ3n) is 3.11. The van der Waals surface area contributed by atoms with Crippen molar-refractivity contribution in [3.8, 4) is 11.5 Å². The van der Waals surface area contributed by atoms with E-state index in [1.165, 1.54) is 0 Å². The lowest BCUT2D eigenvalue weighted by atomic mass is 10.2. The molecule has 0 bridgehead atoms. The lowest BCUT2D eigenvalue weighted by molar-refractivity contribution is 0.102. The fraction of sp³-hybridized carbons (Fsp3) is 0.167. The molecule has 2 aromatic carbocycles. The van der Waals surface area contributed by atoms with Crippen molar-refractivity contribution in [2.75, 3.05) is 25.3 Å². The Labute approximate surface area is 140 Å². The van der Waals surface area contributed by atoms with Crippen molar-refractivity contribution in [1.82, 2.24) is 0 Å². The molecule has 0 aliphatic carbocycles. The topological polar surface area (TPSA) is 47.6 Å². The van der Waals surface area contributed by atoms with Gasteiger partial charge in [-0.1, -0.05) is 18.7 Å². The average molecular weight is 329 g/mol. The summed E-state index contributed by atoms with van der Waals surface area (Å²) in [5.41, 5.74) is 1.26. The van der Waals surface area contributed by atoms with E-state index in [9.17, 15) is 4.79 Å². The Kier molecular flexibility index (Phi) is 6.11. The fourth-order valence-corrected chi connectivity index (χ4v) is 2.44. The normalized spacial score (nSPS) is 10.0. The van der Waals surface area contributed by atoms with Gasteiger partial charge in [0, 0.05) is 16.1 Å². The van der Waals surface area contributed by atoms with Gasteiger partial charge in [-0.3, -0.25) is 4.79 Å². The number of amides is 1. The van der Waals surface area contributed by atoms with Gasteiger partial charge in [0.2, 0.25) is 0 Å². The number of ether oxygens (including phenoxy) is 2. The van der Waals surface area contributed by atoms with Gasteiger partial charge in [0.15, 0.2) is 11.5 Å². The minimum absolute atomic E-state index is 0.197. The maximum Gasteiger partial charge on any atom is 0.255 e. The number of methoxy groups -OCH3 is 1. The quantitative estimate of drug-likeness (QED) is 0.610. The van der Waals surface area contributed by atoms with Gasteiger partial charge in [0.1, 0.15) is 6.61 Å². The molecule has 0 aliphatic rings. The van der Waals surface area contributed by atoms with E-state index in [0.717, 1.165) is 10.6 Å². The average Bonchev–Trinajstić information content (AvgIpc) is 2.59. The van der Waals surface area contributed by atoms with Crippen LogP contribution in [-0.4, -0.2) is 25.9 Å². The summed E-state index contributed by atoms with van der Waals surface area (Å²) in [7, 11) is 1.54. The number of anilines is 1. The van der Waals surface area contributed by atoms with Crippen LogP contribution in [0, 0.1) is 0 Å². The highest BCUT2D eigenvalue weighted by atomic mass is 32.2. The van der Waals surface area contributed by atoms with E-state index >= 15 is 0 Å². The van der Waals surface area contributed by atoms with Crippen molar-refractivity contribution in [3.63, 3.8) is 0 Å². The molecule has 0 heterocycles. The van der Waals surface area contributed by atoms with Crippen LogP contribution in [0.25, 0.3) is 0 Å². The maximum absolute atomic E-state index is 12.4. The minimum atomic E-state index is -0.197. The van der Waals surface area contributed by atoms with Crippen molar-refractivity contribution in [1.29, 1.82) is 0 Å². The lowest BCUT2D eigenvalue weighted by Gasteiger charge is -2.11. The molecule has 0 atom stereocenters. The number of thioether (sulfide) groups is 1. The summed E-state index contributed by atoms with van der Waals surface area (Å²) >= 11 is 1.63. The van der Waals surface area contributed by atoms with Crippen LogP contribution >= 0.6 is 11.8 Å². The van der Waals surface area contributed by atoms with E-state index in [1.54, 1.807) is 43.1 Å². The highest BCUT2D eigenvalue weighted by Crippen LogP contribution is 2.28. The molecule has 0 aliphatic heterocycles. The standard InChI is InChI=1S/C18H19NO3S/c1-4-10-22-16-9-8-13(11-17(16)21-2)18(20)19-14-6-5-7-15(12-14)23-3/h4-9,11-12H,1,10H2,2-3H3,(H,19,20). The summed E-state index contributed by atoms with van der Waals surface area (Å²) in [6.07, 6.45) is 3.65. The number of hydrogen-bond acceptors (Lipinski definition) is 4. The smallest absolute Gasteiger partial charge is 0.255 e. The Morgan fingerprint density at radius 2 is 2.09 bits per heavy atom. The Balaban J connectivity index is 2.16. The van der Waals surface area contributed by atoms with Crippen LogP contribution in [0.1, 0.15) is 10.4 Å². The third-order valence-corrected chi connectivity index (χ3v) is 3.84. The van der Waals surface area contributed by atoms with Crippen molar-refractivity contribution < 1.29 is 14.3 Å². The lowest BCUT2D eigenvalue weighted by Crippen LogP contribution is -2.12. The van der Waals surface area contributed by atoms with Crippen LogP contribution in [0.5, 0.6) is 11.5 Å². The maximum atomic E-state index is 12.4. The predicted octanol–water partition coefficient (Wildman–Crippen LogP) is 4.23. The fourth-order valence-electron chi connectivity index (χ4n) is 1.98. The van der Waals surface area contributed by atoms with Crippen LogP contribution in [0.15, 0.2) is 60.0 Å². The third kappa shape index (κ3) is 4.53. The predicted molar refractivity (Wildman–Crippen MR) is 94.9 cm³/mol. The molecule has 23 heavy (non-hydrogen) atoms.